The van der Waals surface area contributed by atoms with Crippen molar-refractivity contribution in [2.24, 2.45) is 0 Å². The second-order valence-electron chi connectivity index (χ2n) is 17.2. The van der Waals surface area contributed by atoms with Crippen LogP contribution in [0, 0.1) is 6.07 Å². The van der Waals surface area contributed by atoms with Gasteiger partial charge in [0.2, 0.25) is 0 Å². The summed E-state index contributed by atoms with van der Waals surface area (Å²) in [5.41, 5.74) is -16.5. The summed E-state index contributed by atoms with van der Waals surface area (Å²) in [5.74, 6) is -4.76. The SMILES string of the molecule is CCCCCCCCCCCCC[NH+](c1c(OB(Oc2cc(C(F)(F)F)cc(C(F)(F)F)c2)Oc2cc(C(F)(F)F)cc(C(F)(F)F)c2)cc(C(F)(F)F)cc1C(F)(F)F)C(C)OC.FC(F)(F)c1c[c-]cc(C(F)(F)F)c1. The van der Waals surface area contributed by atoms with Crippen LogP contribution in [0.25, 0.3) is 0 Å². The van der Waals surface area contributed by atoms with Crippen LogP contribution in [0.4, 0.5) is 111 Å². The maximum absolute atomic E-state index is 14.9. The van der Waals surface area contributed by atoms with E-state index >= 15 is 0 Å². The molecule has 4 rings (SSSR count). The first-order valence-corrected chi connectivity index (χ1v) is 23.0. The number of quaternary nitrogens is 1. The molecule has 0 aliphatic rings. The zero-order valence-corrected chi connectivity index (χ0v) is 40.7. The summed E-state index contributed by atoms with van der Waals surface area (Å²) in [6.45, 7) is 2.90. The van der Waals surface area contributed by atoms with Gasteiger partial charge in [-0.15, -0.1) is 6.07 Å². The number of hydrogen-bond donors (Lipinski definition) is 1. The standard InChI is InChI=1S/C40H42BF18NO4.C8H3F6/c1-4-5-6-7-8-9-10-11-12-13-14-15-60(24(2)61-3)34-32(40(57,58)59)22-29(39(54,55)56)23-33(34)64-41(62-30-18-25(35(42,43)44)16-26(19-30)36(45,46)47)63-31-20-27(37(48,49)50)17-28(21-31)38(51,52)53;9-7(10,11)5-2-1-3-6(4-5)8(12,13)14/h16-24H,4-15H2,1-3H3;2-4H/q;-1/p+1. The molecule has 30 heteroatoms. The zero-order valence-electron chi connectivity index (χ0n) is 40.7. The Bertz CT molecular complexity index is 2340. The lowest BCUT2D eigenvalue weighted by Gasteiger charge is -2.30. The van der Waals surface area contributed by atoms with Gasteiger partial charge in [0.1, 0.15) is 17.1 Å². The molecule has 2 atom stereocenters. The maximum Gasteiger partial charge on any atom is 0.864 e. The number of ether oxygens (including phenoxy) is 1. The largest absolute Gasteiger partial charge is 0.864 e. The summed E-state index contributed by atoms with van der Waals surface area (Å²) in [5, 5.41) is 0. The van der Waals surface area contributed by atoms with E-state index in [2.05, 4.69) is 6.92 Å². The minimum Gasteiger partial charge on any atom is -0.490 e. The van der Waals surface area contributed by atoms with E-state index < -0.39 is 147 Å². The molecule has 0 radical (unpaired) electrons. The fraction of sp³-hybridized carbons (Fsp3) is 0.500. The van der Waals surface area contributed by atoms with E-state index in [0.717, 1.165) is 58.5 Å². The topological polar surface area (TPSA) is 41.4 Å². The van der Waals surface area contributed by atoms with Crippen molar-refractivity contribution in [3.63, 3.8) is 0 Å². The van der Waals surface area contributed by atoms with Gasteiger partial charge < -0.3 is 18.7 Å². The number of methoxy groups -OCH3 is 1. The fourth-order valence-corrected chi connectivity index (χ4v) is 7.27. The summed E-state index contributed by atoms with van der Waals surface area (Å²) in [6, 6.07) is 0.837. The van der Waals surface area contributed by atoms with Crippen LogP contribution in [0.5, 0.6) is 17.2 Å². The van der Waals surface area contributed by atoms with Gasteiger partial charge in [0.25, 0.3) is 0 Å². The normalized spacial score (nSPS) is 13.9. The van der Waals surface area contributed by atoms with Crippen molar-refractivity contribution in [2.75, 3.05) is 13.7 Å². The van der Waals surface area contributed by atoms with Gasteiger partial charge in [-0.2, -0.15) is 124 Å². The predicted octanol–water partition coefficient (Wildman–Crippen LogP) is 17.7. The Hall–Kier alpha value is -5.42. The van der Waals surface area contributed by atoms with Gasteiger partial charge in [-0.05, 0) is 61.4 Å². The number of benzene rings is 4. The third kappa shape index (κ3) is 21.0. The summed E-state index contributed by atoms with van der Waals surface area (Å²) < 4.78 is 345. The Labute approximate surface area is 429 Å². The van der Waals surface area contributed by atoms with Crippen LogP contribution >= 0.6 is 0 Å². The van der Waals surface area contributed by atoms with E-state index in [1.165, 1.54) is 6.92 Å². The van der Waals surface area contributed by atoms with Crippen molar-refractivity contribution >= 4 is 13.0 Å². The molecule has 0 saturated heterocycles. The molecule has 0 heterocycles. The average molecular weight is 1170 g/mol. The highest BCUT2D eigenvalue weighted by Crippen LogP contribution is 2.45. The molecule has 0 saturated carbocycles. The fourth-order valence-electron chi connectivity index (χ4n) is 7.27. The van der Waals surface area contributed by atoms with Gasteiger partial charge in [-0.25, -0.2) is 0 Å². The number of rotatable bonds is 21. The van der Waals surface area contributed by atoms with E-state index in [0.29, 0.717) is 25.0 Å². The molecule has 1 N–H and O–H groups in total. The summed E-state index contributed by atoms with van der Waals surface area (Å²) in [6.07, 6.45) is -35.9. The van der Waals surface area contributed by atoms with Crippen molar-refractivity contribution in [3.05, 3.63) is 117 Å². The average Bonchev–Trinajstić information content (AvgIpc) is 3.29. The smallest absolute Gasteiger partial charge is 0.490 e. The van der Waals surface area contributed by atoms with Crippen LogP contribution in [0.1, 0.15) is 129 Å². The van der Waals surface area contributed by atoms with Crippen LogP contribution < -0.4 is 18.9 Å². The van der Waals surface area contributed by atoms with E-state index in [-0.39, 0.29) is 55.4 Å². The number of alkyl halides is 24. The molecular formula is C48H46BF24NO4. The molecule has 78 heavy (non-hydrogen) atoms. The van der Waals surface area contributed by atoms with Gasteiger partial charge >= 0.3 is 56.7 Å². The number of unbranched alkanes of at least 4 members (excludes halogenated alkanes) is 10. The lowest BCUT2D eigenvalue weighted by atomic mass is 10.0. The molecule has 438 valence electrons. The molecule has 0 fully saturated rings. The first-order chi connectivity index (χ1) is 35.6. The van der Waals surface area contributed by atoms with Crippen molar-refractivity contribution in [1.29, 1.82) is 0 Å². The molecule has 0 amide bonds. The van der Waals surface area contributed by atoms with Gasteiger partial charge in [0.05, 0.1) is 34.4 Å². The number of nitrogens with one attached hydrogen (secondary N) is 1. The Balaban J connectivity index is 0.000000987. The van der Waals surface area contributed by atoms with Crippen LogP contribution in [0.15, 0.2) is 66.7 Å². The summed E-state index contributed by atoms with van der Waals surface area (Å²) in [7, 11) is -2.30. The lowest BCUT2D eigenvalue weighted by molar-refractivity contribution is -0.884. The van der Waals surface area contributed by atoms with Crippen LogP contribution in [0.2, 0.25) is 0 Å². The second kappa shape index (κ2) is 26.7. The van der Waals surface area contributed by atoms with Crippen molar-refractivity contribution in [3.8, 4) is 17.2 Å². The van der Waals surface area contributed by atoms with E-state index in [4.69, 9.17) is 18.7 Å². The van der Waals surface area contributed by atoms with Crippen molar-refractivity contribution in [2.45, 2.75) is 140 Å². The highest BCUT2D eigenvalue weighted by Gasteiger charge is 2.47. The van der Waals surface area contributed by atoms with Gasteiger partial charge in [0.15, 0.2) is 17.7 Å². The Kier molecular flexibility index (Phi) is 22.9. The Morgan fingerprint density at radius 1 is 0.410 bits per heavy atom. The lowest BCUT2D eigenvalue weighted by Crippen LogP contribution is -3.11. The van der Waals surface area contributed by atoms with Crippen molar-refractivity contribution in [1.82, 2.24) is 0 Å². The molecule has 0 spiro atoms. The number of halogens is 24. The molecule has 5 nitrogen and oxygen atoms in total. The van der Waals surface area contributed by atoms with Gasteiger partial charge in [0, 0.05) is 14.0 Å². The second-order valence-corrected chi connectivity index (χ2v) is 17.2. The van der Waals surface area contributed by atoms with Gasteiger partial charge in [-0.3, -0.25) is 4.90 Å². The van der Waals surface area contributed by atoms with E-state index in [1.54, 1.807) is 6.07 Å². The zero-order chi connectivity index (χ0) is 59.5. The Morgan fingerprint density at radius 2 is 0.731 bits per heavy atom. The number of hydrogen-bond acceptors (Lipinski definition) is 4. The minimum absolute atomic E-state index is 0.0521. The minimum atomic E-state index is -5.69. The van der Waals surface area contributed by atoms with Crippen LogP contribution in [-0.2, 0) is 54.1 Å². The quantitative estimate of drug-likeness (QED) is 0.0297. The van der Waals surface area contributed by atoms with Crippen LogP contribution in [0.3, 0.4) is 0 Å². The highest BCUT2D eigenvalue weighted by molar-refractivity contribution is 6.39. The highest BCUT2D eigenvalue weighted by atomic mass is 19.4. The first-order valence-electron chi connectivity index (χ1n) is 23.0. The summed E-state index contributed by atoms with van der Waals surface area (Å²) >= 11 is 0. The van der Waals surface area contributed by atoms with E-state index in [9.17, 15) is 105 Å². The molecular weight excluding hydrogens is 1120 g/mol. The van der Waals surface area contributed by atoms with Crippen molar-refractivity contribution < 1.29 is 129 Å². The molecule has 0 aliphatic heterocycles. The molecule has 2 unspecified atom stereocenters. The molecule has 0 aliphatic carbocycles. The molecule has 0 bridgehead atoms. The Morgan fingerprint density at radius 3 is 1.05 bits per heavy atom. The third-order valence-corrected chi connectivity index (χ3v) is 11.2. The van der Waals surface area contributed by atoms with Gasteiger partial charge in [-0.1, -0.05) is 75.8 Å². The van der Waals surface area contributed by atoms with Crippen LogP contribution in [-0.4, -0.2) is 27.2 Å². The monoisotopic (exact) mass is 1170 g/mol. The molecule has 0 aromatic heterocycles. The maximum atomic E-state index is 14.9. The van der Waals surface area contributed by atoms with E-state index in [1.807, 2.05) is 0 Å². The molecule has 4 aromatic rings. The summed E-state index contributed by atoms with van der Waals surface area (Å²) in [4.78, 5) is -0.412. The molecule has 4 aromatic carbocycles. The predicted molar refractivity (Wildman–Crippen MR) is 231 cm³/mol. The third-order valence-electron chi connectivity index (χ3n) is 11.2. The first kappa shape index (κ1) is 66.9.